The van der Waals surface area contributed by atoms with Crippen molar-refractivity contribution in [3.63, 3.8) is 0 Å². The Morgan fingerprint density at radius 2 is 2.00 bits per heavy atom. The molecule has 3 saturated carbocycles. The highest BCUT2D eigenvalue weighted by Crippen LogP contribution is 2.72. The van der Waals surface area contributed by atoms with Crippen LogP contribution in [0.5, 0.6) is 0 Å². The Morgan fingerprint density at radius 3 is 2.63 bits per heavy atom. The average molecular weight is 619 g/mol. The molecule has 0 aromatic rings. The van der Waals surface area contributed by atoms with E-state index in [0.717, 1.165) is 5.57 Å². The Hall–Kier alpha value is -0.770. The number of hydrogen-bond acceptors (Lipinski definition) is 6. The fraction of sp³-hybridized carbons (Fsp3) is 0.741. The second kappa shape index (κ2) is 9.21. The topological polar surface area (TPSA) is 89.9 Å². The average Bonchev–Trinajstić information content (AvgIpc) is 3.00. The van der Waals surface area contributed by atoms with Crippen molar-refractivity contribution in [3.05, 3.63) is 23.8 Å². The van der Waals surface area contributed by atoms with Gasteiger partial charge >= 0.3 is 5.97 Å². The highest BCUT2D eigenvalue weighted by Gasteiger charge is 2.76. The minimum atomic E-state index is -1.40. The zero-order valence-corrected chi connectivity index (χ0v) is 24.0. The number of halogens is 2. The number of carbonyl (C=O) groups is 3. The standard InChI is InChI=1S/C27H36ClIO6/c1-6-23(33)35-27(22(32)14-34-16(3)29)15(2)11-20-19-8-7-17-12-18(30)9-10-24(17,4)26(19,28)21(31)13-25(20,27)5/h9-10,12,15-16,19-21,31H,6-8,11,13-14H2,1-5H3/t15-,16?,19-,20-,21-,24-,25-,26-,27-/m0/s1. The van der Waals surface area contributed by atoms with Crippen LogP contribution >= 0.6 is 34.2 Å². The smallest absolute Gasteiger partial charge is 0.306 e. The van der Waals surface area contributed by atoms with E-state index in [2.05, 4.69) is 22.6 Å². The summed E-state index contributed by atoms with van der Waals surface area (Å²) in [6.07, 6.45) is 6.53. The van der Waals surface area contributed by atoms with Crippen LogP contribution in [-0.2, 0) is 23.9 Å². The molecule has 0 aromatic heterocycles. The molecular weight excluding hydrogens is 583 g/mol. The van der Waals surface area contributed by atoms with Crippen molar-refractivity contribution >= 4 is 51.7 Å². The fourth-order valence-corrected chi connectivity index (χ4v) is 8.65. The van der Waals surface area contributed by atoms with Gasteiger partial charge in [-0.15, -0.1) is 11.6 Å². The minimum absolute atomic E-state index is 0.0477. The SMILES string of the molecule is CCC(=O)O[C@]1(C(=O)COC(C)I)[C@@H](C)C[C@H]2[C@@H]3CCC4=CC(=O)C=C[C@]4(C)[C@@]3(Cl)[C@@H](O)C[C@@]21C. The summed E-state index contributed by atoms with van der Waals surface area (Å²) in [5.74, 6) is -1.16. The van der Waals surface area contributed by atoms with Gasteiger partial charge in [0.1, 0.15) is 10.7 Å². The quantitative estimate of drug-likeness (QED) is 0.258. The molecule has 0 aliphatic heterocycles. The molecule has 9 atom stereocenters. The number of aliphatic hydroxyl groups excluding tert-OH is 1. The van der Waals surface area contributed by atoms with Gasteiger partial charge in [0.2, 0.25) is 5.78 Å². The molecular formula is C27H36ClIO6. The van der Waals surface area contributed by atoms with Crippen LogP contribution in [0.25, 0.3) is 0 Å². The lowest BCUT2D eigenvalue weighted by Gasteiger charge is -2.64. The number of esters is 1. The predicted molar refractivity (Wildman–Crippen MR) is 141 cm³/mol. The van der Waals surface area contributed by atoms with E-state index in [0.29, 0.717) is 19.3 Å². The van der Waals surface area contributed by atoms with Crippen LogP contribution in [0.1, 0.15) is 66.7 Å². The summed E-state index contributed by atoms with van der Waals surface area (Å²) in [5.41, 5.74) is -1.93. The van der Waals surface area contributed by atoms with E-state index in [1.54, 1.807) is 19.1 Å². The van der Waals surface area contributed by atoms with E-state index < -0.39 is 33.4 Å². The van der Waals surface area contributed by atoms with E-state index in [-0.39, 0.29) is 52.9 Å². The van der Waals surface area contributed by atoms with E-state index in [1.165, 1.54) is 0 Å². The lowest BCUT2D eigenvalue weighted by atomic mass is 9.45. The van der Waals surface area contributed by atoms with Crippen LogP contribution in [0.3, 0.4) is 0 Å². The molecule has 4 aliphatic carbocycles. The van der Waals surface area contributed by atoms with Crippen LogP contribution in [-0.4, -0.2) is 49.9 Å². The number of ether oxygens (including phenoxy) is 2. The van der Waals surface area contributed by atoms with Crippen molar-refractivity contribution in [2.75, 3.05) is 6.61 Å². The number of aliphatic hydroxyl groups is 1. The summed E-state index contributed by atoms with van der Waals surface area (Å²) in [4.78, 5) is 37.7. The lowest BCUT2D eigenvalue weighted by Crippen LogP contribution is -2.69. The number of ketones is 2. The molecule has 0 saturated heterocycles. The Labute approximate surface area is 226 Å². The number of carbonyl (C=O) groups excluding carboxylic acids is 3. The molecule has 4 aliphatic rings. The number of allylic oxidation sites excluding steroid dienone is 4. The zero-order valence-electron chi connectivity index (χ0n) is 21.1. The normalized spacial score (nSPS) is 45.1. The maximum absolute atomic E-state index is 13.9. The number of rotatable bonds is 6. The van der Waals surface area contributed by atoms with Crippen molar-refractivity contribution < 1.29 is 29.0 Å². The Morgan fingerprint density at radius 1 is 1.31 bits per heavy atom. The third-order valence-corrected chi connectivity index (χ3v) is 10.9. The fourth-order valence-electron chi connectivity index (χ4n) is 7.95. The number of alkyl halides is 2. The van der Waals surface area contributed by atoms with Crippen LogP contribution in [0.15, 0.2) is 23.8 Å². The van der Waals surface area contributed by atoms with E-state index in [9.17, 15) is 19.5 Å². The Kier molecular flexibility index (Phi) is 7.17. The molecule has 1 N–H and O–H groups in total. The molecule has 0 amide bonds. The molecule has 35 heavy (non-hydrogen) atoms. The molecule has 0 spiro atoms. The summed E-state index contributed by atoms with van der Waals surface area (Å²) >= 11 is 9.60. The lowest BCUT2D eigenvalue weighted by molar-refractivity contribution is -0.203. The van der Waals surface area contributed by atoms with Crippen LogP contribution in [0.2, 0.25) is 0 Å². The van der Waals surface area contributed by atoms with E-state index in [4.69, 9.17) is 21.1 Å². The molecule has 194 valence electrons. The van der Waals surface area contributed by atoms with Crippen molar-refractivity contribution in [2.45, 2.75) is 87.4 Å². The maximum atomic E-state index is 13.9. The molecule has 3 fully saturated rings. The summed E-state index contributed by atoms with van der Waals surface area (Å²) in [7, 11) is 0. The number of hydrogen-bond donors (Lipinski definition) is 1. The van der Waals surface area contributed by atoms with Gasteiger partial charge in [-0.1, -0.05) is 61.9 Å². The van der Waals surface area contributed by atoms with Gasteiger partial charge in [-0.2, -0.15) is 0 Å². The summed E-state index contributed by atoms with van der Waals surface area (Å²) in [6.45, 7) is 9.38. The van der Waals surface area contributed by atoms with Crippen LogP contribution in [0.4, 0.5) is 0 Å². The van der Waals surface area contributed by atoms with Crippen LogP contribution in [0, 0.1) is 28.6 Å². The maximum Gasteiger partial charge on any atom is 0.306 e. The molecule has 4 rings (SSSR count). The van der Waals surface area contributed by atoms with Crippen molar-refractivity contribution in [3.8, 4) is 0 Å². The van der Waals surface area contributed by atoms with Gasteiger partial charge in [-0.25, -0.2) is 0 Å². The van der Waals surface area contributed by atoms with E-state index in [1.807, 2.05) is 33.8 Å². The Bertz CT molecular complexity index is 992. The molecule has 0 aromatic carbocycles. The molecule has 0 heterocycles. The molecule has 0 bridgehead atoms. The van der Waals surface area contributed by atoms with Gasteiger partial charge in [-0.3, -0.25) is 14.4 Å². The van der Waals surface area contributed by atoms with Gasteiger partial charge in [-0.05, 0) is 56.6 Å². The second-order valence-corrected chi connectivity index (χ2v) is 13.6. The van der Waals surface area contributed by atoms with E-state index >= 15 is 0 Å². The predicted octanol–water partition coefficient (Wildman–Crippen LogP) is 4.93. The van der Waals surface area contributed by atoms with Crippen molar-refractivity contribution in [1.29, 1.82) is 0 Å². The van der Waals surface area contributed by atoms with Gasteiger partial charge in [0, 0.05) is 23.2 Å². The van der Waals surface area contributed by atoms with Gasteiger partial charge in [0.15, 0.2) is 11.4 Å². The highest BCUT2D eigenvalue weighted by atomic mass is 127. The van der Waals surface area contributed by atoms with Gasteiger partial charge in [0.25, 0.3) is 0 Å². The Balaban J connectivity index is 1.81. The molecule has 1 unspecified atom stereocenters. The van der Waals surface area contributed by atoms with Crippen LogP contribution < -0.4 is 0 Å². The van der Waals surface area contributed by atoms with Crippen molar-refractivity contribution in [2.24, 2.45) is 28.6 Å². The highest BCUT2D eigenvalue weighted by molar-refractivity contribution is 14.1. The van der Waals surface area contributed by atoms with Gasteiger partial charge < -0.3 is 14.6 Å². The first-order valence-electron chi connectivity index (χ1n) is 12.6. The molecule has 6 nitrogen and oxygen atoms in total. The largest absolute Gasteiger partial charge is 0.450 e. The third-order valence-electron chi connectivity index (χ3n) is 9.60. The number of fused-ring (bicyclic) bond motifs is 5. The monoisotopic (exact) mass is 618 g/mol. The summed E-state index contributed by atoms with van der Waals surface area (Å²) in [5, 5.41) is 11.8. The first-order valence-corrected chi connectivity index (χ1v) is 14.2. The molecule has 8 heteroatoms. The number of Topliss-reactive ketones (excluding diaryl/α,β-unsaturated/α-hetero) is 1. The van der Waals surface area contributed by atoms with Crippen molar-refractivity contribution in [1.82, 2.24) is 0 Å². The summed E-state index contributed by atoms with van der Waals surface area (Å²) < 4.78 is 11.7. The minimum Gasteiger partial charge on any atom is -0.450 e. The summed E-state index contributed by atoms with van der Waals surface area (Å²) in [6, 6.07) is 0. The second-order valence-electron chi connectivity index (χ2n) is 11.2. The zero-order chi connectivity index (χ0) is 26.0. The molecule has 0 radical (unpaired) electrons. The first kappa shape index (κ1) is 27.3. The van der Waals surface area contributed by atoms with Gasteiger partial charge in [0.05, 0.1) is 11.0 Å². The third kappa shape index (κ3) is 3.73. The first-order chi connectivity index (χ1) is 16.3.